The SMILES string of the molecule is COc1cc(NC(=O)COC(=O)c2ccc(C(F)(F)F)cc2)cc(OC)c1. The summed E-state index contributed by atoms with van der Waals surface area (Å²) in [5, 5.41) is 2.50. The van der Waals surface area contributed by atoms with Crippen molar-refractivity contribution in [3.63, 3.8) is 0 Å². The van der Waals surface area contributed by atoms with E-state index in [-0.39, 0.29) is 5.56 Å². The predicted octanol–water partition coefficient (Wildman–Crippen LogP) is 3.52. The molecule has 2 aromatic rings. The molecule has 0 unspecified atom stereocenters. The van der Waals surface area contributed by atoms with Crippen LogP contribution in [0.5, 0.6) is 11.5 Å². The standard InChI is InChI=1S/C18H16F3NO5/c1-25-14-7-13(8-15(9-14)26-2)22-16(23)10-27-17(24)11-3-5-12(6-4-11)18(19,20)21/h3-9H,10H2,1-2H3,(H,22,23). The van der Waals surface area contributed by atoms with Crippen molar-refractivity contribution in [1.82, 2.24) is 0 Å². The number of carbonyl (C=O) groups excluding carboxylic acids is 2. The normalized spacial score (nSPS) is 10.9. The Bertz CT molecular complexity index is 796. The maximum atomic E-state index is 12.5. The van der Waals surface area contributed by atoms with E-state index in [2.05, 4.69) is 5.32 Å². The molecule has 0 aromatic heterocycles. The molecular weight excluding hydrogens is 367 g/mol. The lowest BCUT2D eigenvalue weighted by atomic mass is 10.1. The number of hydrogen-bond acceptors (Lipinski definition) is 5. The highest BCUT2D eigenvalue weighted by Crippen LogP contribution is 2.29. The van der Waals surface area contributed by atoms with E-state index in [0.29, 0.717) is 17.2 Å². The summed E-state index contributed by atoms with van der Waals surface area (Å²) < 4.78 is 52.5. The summed E-state index contributed by atoms with van der Waals surface area (Å²) in [6.07, 6.45) is -4.50. The third kappa shape index (κ3) is 5.63. The van der Waals surface area contributed by atoms with Crippen molar-refractivity contribution >= 4 is 17.6 Å². The number of nitrogens with one attached hydrogen (secondary N) is 1. The maximum absolute atomic E-state index is 12.5. The molecule has 0 atom stereocenters. The largest absolute Gasteiger partial charge is 0.497 e. The Labute approximate surface area is 152 Å². The van der Waals surface area contributed by atoms with E-state index in [1.807, 2.05) is 0 Å². The van der Waals surface area contributed by atoms with Gasteiger partial charge in [-0.1, -0.05) is 0 Å². The number of rotatable bonds is 6. The molecule has 0 aliphatic heterocycles. The lowest BCUT2D eigenvalue weighted by Crippen LogP contribution is -2.21. The summed E-state index contributed by atoms with van der Waals surface area (Å²) in [4.78, 5) is 23.8. The van der Waals surface area contributed by atoms with E-state index in [1.54, 1.807) is 6.07 Å². The average Bonchev–Trinajstić information content (AvgIpc) is 2.65. The second kappa shape index (κ2) is 8.43. The second-order valence-corrected chi connectivity index (χ2v) is 5.30. The molecule has 0 saturated carbocycles. The van der Waals surface area contributed by atoms with Crippen LogP contribution in [-0.4, -0.2) is 32.7 Å². The molecule has 9 heteroatoms. The Hall–Kier alpha value is -3.23. The number of benzene rings is 2. The van der Waals surface area contributed by atoms with Gasteiger partial charge in [0.25, 0.3) is 5.91 Å². The molecule has 0 heterocycles. The Morgan fingerprint density at radius 2 is 1.52 bits per heavy atom. The fourth-order valence-corrected chi connectivity index (χ4v) is 2.09. The predicted molar refractivity (Wildman–Crippen MR) is 89.9 cm³/mol. The molecule has 0 fully saturated rings. The fraction of sp³-hybridized carbons (Fsp3) is 0.222. The summed E-state index contributed by atoms with van der Waals surface area (Å²) in [7, 11) is 2.90. The maximum Gasteiger partial charge on any atom is 0.416 e. The third-order valence-corrected chi connectivity index (χ3v) is 3.42. The first-order chi connectivity index (χ1) is 12.7. The van der Waals surface area contributed by atoms with Crippen LogP contribution in [0.2, 0.25) is 0 Å². The third-order valence-electron chi connectivity index (χ3n) is 3.42. The Morgan fingerprint density at radius 3 is 2.00 bits per heavy atom. The van der Waals surface area contributed by atoms with Crippen molar-refractivity contribution in [2.45, 2.75) is 6.18 Å². The summed E-state index contributed by atoms with van der Waals surface area (Å²) in [6, 6.07) is 8.18. The molecule has 0 saturated heterocycles. The zero-order chi connectivity index (χ0) is 20.0. The summed E-state index contributed by atoms with van der Waals surface area (Å²) >= 11 is 0. The lowest BCUT2D eigenvalue weighted by molar-refractivity contribution is -0.137. The number of amides is 1. The topological polar surface area (TPSA) is 73.9 Å². The van der Waals surface area contributed by atoms with E-state index < -0.39 is 30.2 Å². The van der Waals surface area contributed by atoms with Gasteiger partial charge in [0.2, 0.25) is 0 Å². The number of methoxy groups -OCH3 is 2. The zero-order valence-corrected chi connectivity index (χ0v) is 14.4. The van der Waals surface area contributed by atoms with Gasteiger partial charge in [0.05, 0.1) is 25.3 Å². The number of carbonyl (C=O) groups is 2. The zero-order valence-electron chi connectivity index (χ0n) is 14.4. The van der Waals surface area contributed by atoms with Crippen molar-refractivity contribution in [2.24, 2.45) is 0 Å². The van der Waals surface area contributed by atoms with Crippen molar-refractivity contribution in [3.05, 3.63) is 53.6 Å². The van der Waals surface area contributed by atoms with Crippen LogP contribution in [0.25, 0.3) is 0 Å². The van der Waals surface area contributed by atoms with E-state index in [4.69, 9.17) is 14.2 Å². The molecule has 2 aromatic carbocycles. The van der Waals surface area contributed by atoms with Crippen molar-refractivity contribution < 1.29 is 37.0 Å². The van der Waals surface area contributed by atoms with Gasteiger partial charge in [0.1, 0.15) is 11.5 Å². The molecule has 6 nitrogen and oxygen atoms in total. The molecule has 2 rings (SSSR count). The van der Waals surface area contributed by atoms with Gasteiger partial charge in [-0.25, -0.2) is 4.79 Å². The van der Waals surface area contributed by atoms with Crippen LogP contribution in [0.4, 0.5) is 18.9 Å². The van der Waals surface area contributed by atoms with Crippen LogP contribution in [0.1, 0.15) is 15.9 Å². The smallest absolute Gasteiger partial charge is 0.416 e. The molecule has 0 spiro atoms. The van der Waals surface area contributed by atoms with E-state index >= 15 is 0 Å². The van der Waals surface area contributed by atoms with E-state index in [9.17, 15) is 22.8 Å². The molecular formula is C18H16F3NO5. The highest BCUT2D eigenvalue weighted by Gasteiger charge is 2.30. The quantitative estimate of drug-likeness (QED) is 0.773. The van der Waals surface area contributed by atoms with Crippen LogP contribution in [0, 0.1) is 0 Å². The average molecular weight is 383 g/mol. The number of anilines is 1. The van der Waals surface area contributed by atoms with Gasteiger partial charge in [-0.15, -0.1) is 0 Å². The first-order valence-corrected chi connectivity index (χ1v) is 7.60. The second-order valence-electron chi connectivity index (χ2n) is 5.30. The molecule has 0 bridgehead atoms. The molecule has 144 valence electrons. The highest BCUT2D eigenvalue weighted by atomic mass is 19.4. The van der Waals surface area contributed by atoms with E-state index in [0.717, 1.165) is 24.3 Å². The Morgan fingerprint density at radius 1 is 0.963 bits per heavy atom. The molecule has 27 heavy (non-hydrogen) atoms. The number of hydrogen-bond donors (Lipinski definition) is 1. The molecule has 1 amide bonds. The van der Waals surface area contributed by atoms with Gasteiger partial charge in [-0.3, -0.25) is 4.79 Å². The molecule has 0 aliphatic carbocycles. The summed E-state index contributed by atoms with van der Waals surface area (Å²) in [6.45, 7) is -0.612. The molecule has 0 radical (unpaired) electrons. The Kier molecular flexibility index (Phi) is 6.27. The van der Waals surface area contributed by atoms with Crippen LogP contribution < -0.4 is 14.8 Å². The molecule has 0 aliphatic rings. The van der Waals surface area contributed by atoms with Crippen LogP contribution in [0.15, 0.2) is 42.5 Å². The van der Waals surface area contributed by atoms with Crippen LogP contribution in [-0.2, 0) is 15.7 Å². The van der Waals surface area contributed by atoms with Crippen molar-refractivity contribution in [1.29, 1.82) is 0 Å². The number of alkyl halides is 3. The summed E-state index contributed by atoms with van der Waals surface area (Å²) in [5.74, 6) is -0.648. The van der Waals surface area contributed by atoms with E-state index in [1.165, 1.54) is 26.4 Å². The van der Waals surface area contributed by atoms with Gasteiger partial charge in [0.15, 0.2) is 6.61 Å². The van der Waals surface area contributed by atoms with Gasteiger partial charge in [-0.05, 0) is 24.3 Å². The van der Waals surface area contributed by atoms with Gasteiger partial charge in [0, 0.05) is 23.9 Å². The van der Waals surface area contributed by atoms with Crippen LogP contribution >= 0.6 is 0 Å². The number of ether oxygens (including phenoxy) is 3. The van der Waals surface area contributed by atoms with Gasteiger partial charge >= 0.3 is 12.1 Å². The number of esters is 1. The van der Waals surface area contributed by atoms with Gasteiger partial charge in [-0.2, -0.15) is 13.2 Å². The number of halogens is 3. The minimum atomic E-state index is -4.50. The lowest BCUT2D eigenvalue weighted by Gasteiger charge is -2.10. The monoisotopic (exact) mass is 383 g/mol. The van der Waals surface area contributed by atoms with Crippen LogP contribution in [0.3, 0.4) is 0 Å². The Balaban J connectivity index is 1.94. The summed E-state index contributed by atoms with van der Waals surface area (Å²) in [5.41, 5.74) is -0.621. The fourth-order valence-electron chi connectivity index (χ4n) is 2.09. The van der Waals surface area contributed by atoms with Gasteiger partial charge < -0.3 is 19.5 Å². The minimum absolute atomic E-state index is 0.0983. The minimum Gasteiger partial charge on any atom is -0.497 e. The first-order valence-electron chi connectivity index (χ1n) is 7.60. The van der Waals surface area contributed by atoms with Crippen molar-refractivity contribution in [2.75, 3.05) is 26.1 Å². The van der Waals surface area contributed by atoms with Crippen molar-refractivity contribution in [3.8, 4) is 11.5 Å². The highest BCUT2D eigenvalue weighted by molar-refractivity contribution is 5.95. The molecule has 1 N–H and O–H groups in total. The first kappa shape index (κ1) is 20.1.